The van der Waals surface area contributed by atoms with Crippen molar-refractivity contribution < 1.29 is 9.18 Å². The molecule has 0 saturated carbocycles. The molecule has 1 amide bonds. The van der Waals surface area contributed by atoms with Crippen molar-refractivity contribution in [3.8, 4) is 0 Å². The summed E-state index contributed by atoms with van der Waals surface area (Å²) >= 11 is 0. The minimum atomic E-state index is -1.28. The molecule has 134 valence electrons. The second-order valence-electron chi connectivity index (χ2n) is 7.74. The molecule has 2 aromatic carbocycles. The van der Waals surface area contributed by atoms with Gasteiger partial charge in [-0.05, 0) is 44.0 Å². The van der Waals surface area contributed by atoms with E-state index >= 15 is 4.39 Å². The van der Waals surface area contributed by atoms with Gasteiger partial charge in [-0.2, -0.15) is 0 Å². The van der Waals surface area contributed by atoms with Crippen molar-refractivity contribution in [1.82, 2.24) is 5.32 Å². The number of nitrogens with zero attached hydrogens (tertiary/aromatic N) is 1. The molecule has 1 N–H and O–H groups in total. The van der Waals surface area contributed by atoms with Crippen molar-refractivity contribution in [2.24, 2.45) is 5.41 Å². The van der Waals surface area contributed by atoms with Crippen LogP contribution in [0, 0.1) is 5.41 Å². The molecule has 4 heteroatoms. The maximum absolute atomic E-state index is 15.6. The highest BCUT2D eigenvalue weighted by Crippen LogP contribution is 2.48. The number of nitrogens with one attached hydrogen (secondary N) is 1. The van der Waals surface area contributed by atoms with Gasteiger partial charge in [0, 0.05) is 23.4 Å². The molecule has 2 aromatic rings. The number of hydrogen-bond acceptors (Lipinski definition) is 2. The van der Waals surface area contributed by atoms with E-state index in [2.05, 4.69) is 18.3 Å². The molecule has 3 nitrogen and oxygen atoms in total. The zero-order valence-electron chi connectivity index (χ0n) is 15.3. The van der Waals surface area contributed by atoms with Crippen LogP contribution in [0.4, 0.5) is 10.1 Å². The standard InChI is InChI=1S/C22H23FN2O/c1-4-15-10-11-18-16(12-15)13-19(23)22(17-8-6-5-7-9-17)24-20(26)21(2,3)14-25(18)22/h5-13H,4,14H2,1-3H3,(H,24,26). The zero-order valence-corrected chi connectivity index (χ0v) is 15.3. The van der Waals surface area contributed by atoms with Crippen LogP contribution in [0.25, 0.3) is 6.08 Å². The molecule has 26 heavy (non-hydrogen) atoms. The number of carbonyl (C=O) groups excluding carboxylic acids is 1. The molecular formula is C22H23FN2O. The van der Waals surface area contributed by atoms with Crippen LogP contribution in [-0.2, 0) is 16.9 Å². The molecule has 4 rings (SSSR count). The lowest BCUT2D eigenvalue weighted by Crippen LogP contribution is -2.69. The smallest absolute Gasteiger partial charge is 0.229 e. The molecule has 1 atom stereocenters. The van der Waals surface area contributed by atoms with Crippen LogP contribution < -0.4 is 10.2 Å². The number of amides is 1. The second-order valence-corrected chi connectivity index (χ2v) is 7.74. The monoisotopic (exact) mass is 350 g/mol. The molecule has 0 aromatic heterocycles. The highest BCUT2D eigenvalue weighted by atomic mass is 19.1. The lowest BCUT2D eigenvalue weighted by molar-refractivity contribution is -0.133. The first-order valence-electron chi connectivity index (χ1n) is 9.05. The van der Waals surface area contributed by atoms with Crippen molar-refractivity contribution in [2.45, 2.75) is 32.9 Å². The molecule has 0 aliphatic carbocycles. The summed E-state index contributed by atoms with van der Waals surface area (Å²) in [5.74, 6) is -0.497. The van der Waals surface area contributed by atoms with Gasteiger partial charge in [0.2, 0.25) is 5.91 Å². The Hall–Kier alpha value is -2.62. The van der Waals surface area contributed by atoms with Crippen LogP contribution in [0.5, 0.6) is 0 Å². The summed E-state index contributed by atoms with van der Waals surface area (Å²) < 4.78 is 15.6. The molecule has 0 radical (unpaired) electrons. The van der Waals surface area contributed by atoms with Crippen LogP contribution in [-0.4, -0.2) is 12.5 Å². The molecule has 2 aliphatic rings. The van der Waals surface area contributed by atoms with Gasteiger partial charge in [-0.1, -0.05) is 43.3 Å². The van der Waals surface area contributed by atoms with Gasteiger partial charge >= 0.3 is 0 Å². The van der Waals surface area contributed by atoms with E-state index < -0.39 is 11.1 Å². The van der Waals surface area contributed by atoms with Gasteiger partial charge in [0.1, 0.15) is 0 Å². The topological polar surface area (TPSA) is 32.3 Å². The van der Waals surface area contributed by atoms with Gasteiger partial charge in [0.15, 0.2) is 11.5 Å². The quantitative estimate of drug-likeness (QED) is 0.871. The normalized spacial score (nSPS) is 23.6. The van der Waals surface area contributed by atoms with E-state index in [1.807, 2.05) is 61.2 Å². The van der Waals surface area contributed by atoms with E-state index in [-0.39, 0.29) is 11.7 Å². The van der Waals surface area contributed by atoms with Crippen molar-refractivity contribution in [3.05, 3.63) is 71.0 Å². The number of benzene rings is 2. The maximum atomic E-state index is 15.6. The predicted molar refractivity (Wildman–Crippen MR) is 102 cm³/mol. The number of hydrogen-bond donors (Lipinski definition) is 1. The Bertz CT molecular complexity index is 904. The lowest BCUT2D eigenvalue weighted by atomic mass is 9.80. The van der Waals surface area contributed by atoms with Crippen LogP contribution in [0.15, 0.2) is 54.4 Å². The van der Waals surface area contributed by atoms with Crippen LogP contribution in [0.3, 0.4) is 0 Å². The first kappa shape index (κ1) is 16.8. The third-order valence-corrected chi connectivity index (χ3v) is 5.48. The van der Waals surface area contributed by atoms with E-state index in [9.17, 15) is 4.79 Å². The van der Waals surface area contributed by atoms with Crippen LogP contribution in [0.2, 0.25) is 0 Å². The SMILES string of the molecule is CCc1ccc2c(c1)C=C(F)C1(c3ccccc3)NC(=O)C(C)(C)CN21. The highest BCUT2D eigenvalue weighted by molar-refractivity contribution is 5.89. The highest BCUT2D eigenvalue weighted by Gasteiger charge is 2.54. The summed E-state index contributed by atoms with van der Waals surface area (Å²) in [6, 6.07) is 15.5. The molecule has 1 unspecified atom stereocenters. The fraction of sp³-hybridized carbons (Fsp3) is 0.318. The fourth-order valence-electron chi connectivity index (χ4n) is 3.91. The molecule has 1 fully saturated rings. The number of anilines is 1. The molecule has 1 saturated heterocycles. The average Bonchev–Trinajstić information content (AvgIpc) is 2.63. The Kier molecular flexibility index (Phi) is 3.69. The number of rotatable bonds is 2. The Morgan fingerprint density at radius 3 is 2.58 bits per heavy atom. The van der Waals surface area contributed by atoms with E-state index in [0.29, 0.717) is 6.54 Å². The number of fused-ring (bicyclic) bond motifs is 3. The van der Waals surface area contributed by atoms with Crippen molar-refractivity contribution >= 4 is 17.7 Å². The largest absolute Gasteiger partial charge is 0.338 e. The molecular weight excluding hydrogens is 327 g/mol. The molecule has 0 bridgehead atoms. The number of halogens is 1. The van der Waals surface area contributed by atoms with Gasteiger partial charge in [-0.3, -0.25) is 4.79 Å². The average molecular weight is 350 g/mol. The summed E-state index contributed by atoms with van der Waals surface area (Å²) in [5, 5.41) is 3.00. The summed E-state index contributed by atoms with van der Waals surface area (Å²) in [7, 11) is 0. The van der Waals surface area contributed by atoms with Crippen LogP contribution in [0.1, 0.15) is 37.5 Å². The first-order valence-corrected chi connectivity index (χ1v) is 9.05. The minimum absolute atomic E-state index is 0.144. The number of aryl methyl sites for hydroxylation is 1. The van der Waals surface area contributed by atoms with E-state index in [1.165, 1.54) is 5.56 Å². The Morgan fingerprint density at radius 1 is 1.15 bits per heavy atom. The predicted octanol–water partition coefficient (Wildman–Crippen LogP) is 4.39. The van der Waals surface area contributed by atoms with Gasteiger partial charge in [-0.15, -0.1) is 0 Å². The summed E-state index contributed by atoms with van der Waals surface area (Å²) in [6.07, 6.45) is 2.46. The lowest BCUT2D eigenvalue weighted by Gasteiger charge is -2.54. The minimum Gasteiger partial charge on any atom is -0.338 e. The maximum Gasteiger partial charge on any atom is 0.229 e. The third kappa shape index (κ3) is 2.28. The molecule has 2 heterocycles. The third-order valence-electron chi connectivity index (χ3n) is 5.48. The van der Waals surface area contributed by atoms with E-state index in [0.717, 1.165) is 23.2 Å². The van der Waals surface area contributed by atoms with Gasteiger partial charge in [-0.25, -0.2) is 4.39 Å². The zero-order chi connectivity index (χ0) is 18.5. The van der Waals surface area contributed by atoms with Gasteiger partial charge < -0.3 is 10.2 Å². The Balaban J connectivity index is 1.97. The van der Waals surface area contributed by atoms with Crippen molar-refractivity contribution in [2.75, 3.05) is 11.4 Å². The Labute approximate surface area is 153 Å². The second kappa shape index (κ2) is 5.70. The fourth-order valence-corrected chi connectivity index (χ4v) is 3.91. The van der Waals surface area contributed by atoms with Gasteiger partial charge in [0.05, 0.1) is 5.41 Å². The molecule has 0 spiro atoms. The van der Waals surface area contributed by atoms with Crippen molar-refractivity contribution in [3.63, 3.8) is 0 Å². The number of carbonyl (C=O) groups is 1. The van der Waals surface area contributed by atoms with E-state index in [4.69, 9.17) is 0 Å². The first-order chi connectivity index (χ1) is 12.4. The van der Waals surface area contributed by atoms with Gasteiger partial charge in [0.25, 0.3) is 0 Å². The van der Waals surface area contributed by atoms with Crippen molar-refractivity contribution in [1.29, 1.82) is 0 Å². The molecule has 2 aliphatic heterocycles. The Morgan fingerprint density at radius 2 is 1.88 bits per heavy atom. The summed E-state index contributed by atoms with van der Waals surface area (Å²) in [6.45, 7) is 6.32. The van der Waals surface area contributed by atoms with E-state index in [1.54, 1.807) is 6.08 Å². The summed E-state index contributed by atoms with van der Waals surface area (Å²) in [4.78, 5) is 14.8. The van der Waals surface area contributed by atoms with Crippen LogP contribution >= 0.6 is 0 Å². The summed E-state index contributed by atoms with van der Waals surface area (Å²) in [5.41, 5.74) is 1.80.